The highest BCUT2D eigenvalue weighted by atomic mass is 35.5. The molecule has 0 unspecified atom stereocenters. The number of ether oxygens (including phenoxy) is 1. The minimum atomic E-state index is -0.424. The van der Waals surface area contributed by atoms with Crippen LogP contribution in [0.4, 0.5) is 10.5 Å². The van der Waals surface area contributed by atoms with Gasteiger partial charge in [0, 0.05) is 7.11 Å². The predicted molar refractivity (Wildman–Crippen MR) is 60.5 cm³/mol. The summed E-state index contributed by atoms with van der Waals surface area (Å²) in [6.45, 7) is 0.119. The summed E-state index contributed by atoms with van der Waals surface area (Å²) in [6.07, 6.45) is 0. The van der Waals surface area contributed by atoms with E-state index in [1.165, 1.54) is 7.11 Å². The third-order valence-electron chi connectivity index (χ3n) is 1.58. The highest BCUT2D eigenvalue weighted by molar-refractivity contribution is 6.39. The molecule has 6 heteroatoms. The Hall–Kier alpha value is -0.970. The smallest absolute Gasteiger partial charge is 0.321 e. The Morgan fingerprint density at radius 2 is 2.00 bits per heavy atom. The van der Waals surface area contributed by atoms with Crippen LogP contribution in [0.25, 0.3) is 0 Å². The third kappa shape index (κ3) is 3.58. The number of hydrogen-bond acceptors (Lipinski definition) is 2. The number of hydrogen-bond donors (Lipinski definition) is 2. The average molecular weight is 249 g/mol. The van der Waals surface area contributed by atoms with Gasteiger partial charge in [-0.15, -0.1) is 0 Å². The second kappa shape index (κ2) is 5.80. The molecule has 0 radical (unpaired) electrons. The molecule has 0 aliphatic heterocycles. The summed E-state index contributed by atoms with van der Waals surface area (Å²) >= 11 is 11.7. The fraction of sp³-hybridized carbons (Fsp3) is 0.222. The lowest BCUT2D eigenvalue weighted by molar-refractivity contribution is 0.177. The summed E-state index contributed by atoms with van der Waals surface area (Å²) < 4.78 is 4.67. The van der Waals surface area contributed by atoms with Gasteiger partial charge in [-0.2, -0.15) is 0 Å². The van der Waals surface area contributed by atoms with Crippen LogP contribution in [0.5, 0.6) is 0 Å². The maximum absolute atomic E-state index is 11.3. The van der Waals surface area contributed by atoms with Crippen LogP contribution in [0.1, 0.15) is 0 Å². The van der Waals surface area contributed by atoms with Crippen molar-refractivity contribution in [2.75, 3.05) is 19.2 Å². The summed E-state index contributed by atoms with van der Waals surface area (Å²) in [7, 11) is 1.47. The molecule has 0 spiro atoms. The van der Waals surface area contributed by atoms with Gasteiger partial charge in [0.05, 0.1) is 15.7 Å². The maximum atomic E-state index is 11.3. The standard InChI is InChI=1S/C9H10Cl2N2O2/c1-15-5-12-9(14)13-8-6(10)3-2-4-7(8)11/h2-4H,5H2,1H3,(H2,12,13,14). The molecule has 4 nitrogen and oxygen atoms in total. The van der Waals surface area contributed by atoms with E-state index in [1.54, 1.807) is 18.2 Å². The van der Waals surface area contributed by atoms with E-state index in [0.717, 1.165) is 0 Å². The van der Waals surface area contributed by atoms with Gasteiger partial charge in [0.2, 0.25) is 0 Å². The minimum Gasteiger partial charge on any atom is -0.364 e. The normalized spacial score (nSPS) is 9.80. The molecule has 0 aromatic heterocycles. The topological polar surface area (TPSA) is 50.4 Å². The van der Waals surface area contributed by atoms with E-state index < -0.39 is 6.03 Å². The first kappa shape index (κ1) is 12.1. The van der Waals surface area contributed by atoms with Gasteiger partial charge in [-0.25, -0.2) is 4.79 Å². The number of halogens is 2. The third-order valence-corrected chi connectivity index (χ3v) is 2.21. The Morgan fingerprint density at radius 1 is 1.40 bits per heavy atom. The summed E-state index contributed by atoms with van der Waals surface area (Å²) in [5.41, 5.74) is 0.384. The molecule has 0 aliphatic rings. The van der Waals surface area contributed by atoms with Gasteiger partial charge in [0.25, 0.3) is 0 Å². The van der Waals surface area contributed by atoms with E-state index in [2.05, 4.69) is 15.4 Å². The highest BCUT2D eigenvalue weighted by Gasteiger charge is 2.08. The number of methoxy groups -OCH3 is 1. The molecule has 0 fully saturated rings. The molecule has 0 heterocycles. The number of para-hydroxylation sites is 1. The molecule has 0 aliphatic carbocycles. The van der Waals surface area contributed by atoms with Gasteiger partial charge in [-0.1, -0.05) is 29.3 Å². The second-order valence-corrected chi connectivity index (χ2v) is 3.47. The Labute approximate surface area is 97.5 Å². The average Bonchev–Trinajstić information content (AvgIpc) is 2.21. The Bertz CT molecular complexity index is 338. The Morgan fingerprint density at radius 3 is 2.53 bits per heavy atom. The zero-order valence-corrected chi connectivity index (χ0v) is 9.52. The van der Waals surface area contributed by atoms with Crippen LogP contribution in [0, 0.1) is 0 Å². The zero-order valence-electron chi connectivity index (χ0n) is 8.01. The second-order valence-electron chi connectivity index (χ2n) is 2.66. The van der Waals surface area contributed by atoms with Gasteiger partial charge < -0.3 is 15.4 Å². The van der Waals surface area contributed by atoms with Crippen LogP contribution in [0.2, 0.25) is 10.0 Å². The number of amides is 2. The number of anilines is 1. The van der Waals surface area contributed by atoms with Crippen LogP contribution in [-0.2, 0) is 4.74 Å². The summed E-state index contributed by atoms with van der Waals surface area (Å²) in [5, 5.41) is 5.73. The Balaban J connectivity index is 2.68. The summed E-state index contributed by atoms with van der Waals surface area (Å²) in [4.78, 5) is 11.3. The van der Waals surface area contributed by atoms with Gasteiger partial charge in [-0.3, -0.25) is 0 Å². The van der Waals surface area contributed by atoms with Crippen molar-refractivity contribution in [1.82, 2.24) is 5.32 Å². The van der Waals surface area contributed by atoms with Crippen molar-refractivity contribution in [2.24, 2.45) is 0 Å². The lowest BCUT2D eigenvalue weighted by Gasteiger charge is -2.09. The molecule has 2 amide bonds. The van der Waals surface area contributed by atoms with E-state index >= 15 is 0 Å². The summed E-state index contributed by atoms with van der Waals surface area (Å²) in [5.74, 6) is 0. The molecule has 1 aromatic rings. The van der Waals surface area contributed by atoms with Crippen molar-refractivity contribution in [3.05, 3.63) is 28.2 Å². The molecule has 1 aromatic carbocycles. The lowest BCUT2D eigenvalue weighted by Crippen LogP contribution is -2.30. The first-order valence-corrected chi connectivity index (χ1v) is 4.88. The van der Waals surface area contributed by atoms with E-state index in [0.29, 0.717) is 15.7 Å². The van der Waals surface area contributed by atoms with E-state index in [4.69, 9.17) is 23.2 Å². The molecule has 1 rings (SSSR count). The molecule has 0 atom stereocenters. The fourth-order valence-corrected chi connectivity index (χ4v) is 1.40. The van der Waals surface area contributed by atoms with Gasteiger partial charge >= 0.3 is 6.03 Å². The van der Waals surface area contributed by atoms with Gasteiger partial charge in [0.1, 0.15) is 6.73 Å². The van der Waals surface area contributed by atoms with Crippen LogP contribution in [0.3, 0.4) is 0 Å². The minimum absolute atomic E-state index is 0.119. The maximum Gasteiger partial charge on any atom is 0.321 e. The molecule has 0 bridgehead atoms. The van der Waals surface area contributed by atoms with Crippen molar-refractivity contribution in [2.45, 2.75) is 0 Å². The van der Waals surface area contributed by atoms with Gasteiger partial charge in [-0.05, 0) is 12.1 Å². The largest absolute Gasteiger partial charge is 0.364 e. The van der Waals surface area contributed by atoms with Crippen LogP contribution in [-0.4, -0.2) is 19.9 Å². The van der Waals surface area contributed by atoms with Gasteiger partial charge in [0.15, 0.2) is 0 Å². The van der Waals surface area contributed by atoms with E-state index in [9.17, 15) is 4.79 Å². The number of rotatable bonds is 3. The van der Waals surface area contributed by atoms with Crippen LogP contribution >= 0.6 is 23.2 Å². The fourth-order valence-electron chi connectivity index (χ4n) is 0.913. The monoisotopic (exact) mass is 248 g/mol. The lowest BCUT2D eigenvalue weighted by atomic mass is 10.3. The van der Waals surface area contributed by atoms with E-state index in [1.807, 2.05) is 0 Å². The van der Waals surface area contributed by atoms with Crippen molar-refractivity contribution in [3.8, 4) is 0 Å². The van der Waals surface area contributed by atoms with Crippen LogP contribution < -0.4 is 10.6 Å². The number of carbonyl (C=O) groups excluding carboxylic acids is 1. The van der Waals surface area contributed by atoms with Crippen LogP contribution in [0.15, 0.2) is 18.2 Å². The predicted octanol–water partition coefficient (Wildman–Crippen LogP) is 2.72. The molecular formula is C9H10Cl2N2O2. The molecule has 15 heavy (non-hydrogen) atoms. The van der Waals surface area contributed by atoms with Crippen molar-refractivity contribution >= 4 is 34.9 Å². The molecular weight excluding hydrogens is 239 g/mol. The molecule has 0 saturated carbocycles. The first-order valence-electron chi connectivity index (χ1n) is 4.13. The molecule has 0 saturated heterocycles. The molecule has 2 N–H and O–H groups in total. The van der Waals surface area contributed by atoms with E-state index in [-0.39, 0.29) is 6.73 Å². The zero-order chi connectivity index (χ0) is 11.3. The number of carbonyl (C=O) groups is 1. The number of nitrogens with one attached hydrogen (secondary N) is 2. The van der Waals surface area contributed by atoms with Crippen molar-refractivity contribution in [3.63, 3.8) is 0 Å². The first-order chi connectivity index (χ1) is 7.15. The summed E-state index contributed by atoms with van der Waals surface area (Å²) in [6, 6.07) is 4.55. The van der Waals surface area contributed by atoms with Crippen molar-refractivity contribution in [1.29, 1.82) is 0 Å². The molecule has 82 valence electrons. The van der Waals surface area contributed by atoms with Crippen molar-refractivity contribution < 1.29 is 9.53 Å². The SMILES string of the molecule is COCNC(=O)Nc1c(Cl)cccc1Cl. The highest BCUT2D eigenvalue weighted by Crippen LogP contribution is 2.29. The quantitative estimate of drug-likeness (QED) is 0.809. The Kier molecular flexibility index (Phi) is 4.68. The number of urea groups is 1. The number of benzene rings is 1.